The Balaban J connectivity index is 2.04. The minimum atomic E-state index is -0.289. The van der Waals surface area contributed by atoms with E-state index in [-0.39, 0.29) is 5.97 Å². The Kier molecular flexibility index (Phi) is 3.58. The number of methoxy groups -OCH3 is 1. The van der Waals surface area contributed by atoms with Crippen molar-refractivity contribution in [3.05, 3.63) is 28.2 Å². The van der Waals surface area contributed by atoms with Crippen LogP contribution in [0.1, 0.15) is 15.2 Å². The summed E-state index contributed by atoms with van der Waals surface area (Å²) in [6.45, 7) is 0. The van der Waals surface area contributed by atoms with E-state index >= 15 is 0 Å². The number of nitrogens with zero attached hydrogens (tertiary/aromatic N) is 2. The number of rotatable bonds is 4. The van der Waals surface area contributed by atoms with E-state index in [0.717, 1.165) is 10.7 Å². The van der Waals surface area contributed by atoms with E-state index in [4.69, 9.17) is 4.74 Å². The van der Waals surface area contributed by atoms with Crippen LogP contribution < -0.4 is 0 Å². The topological polar surface area (TPSA) is 67.9 Å². The molecule has 2 heterocycles. The molecule has 0 amide bonds. The van der Waals surface area contributed by atoms with E-state index in [1.165, 1.54) is 36.5 Å². The normalized spacial score (nSPS) is 10.3. The standard InChI is InChI=1S/C9H9N3O2S2/c1-14-8(13)7-6(2-3-15-7)4-16-9-10-5-11-12-9/h2-3,5H,4H2,1H3,(H,10,11,12). The van der Waals surface area contributed by atoms with Crippen LogP contribution in [0.5, 0.6) is 0 Å². The Morgan fingerprint density at radius 1 is 1.69 bits per heavy atom. The van der Waals surface area contributed by atoms with E-state index < -0.39 is 0 Å². The molecule has 0 atom stereocenters. The van der Waals surface area contributed by atoms with E-state index in [1.54, 1.807) is 0 Å². The zero-order chi connectivity index (χ0) is 11.4. The van der Waals surface area contributed by atoms with Gasteiger partial charge in [0, 0.05) is 5.75 Å². The van der Waals surface area contributed by atoms with E-state index in [0.29, 0.717) is 10.6 Å². The number of nitrogens with one attached hydrogen (secondary N) is 1. The van der Waals surface area contributed by atoms with Gasteiger partial charge in [-0.25, -0.2) is 9.78 Å². The van der Waals surface area contributed by atoms with Gasteiger partial charge in [0.25, 0.3) is 0 Å². The highest BCUT2D eigenvalue weighted by atomic mass is 32.2. The summed E-state index contributed by atoms with van der Waals surface area (Å²) in [5, 5.41) is 9.12. The van der Waals surface area contributed by atoms with Gasteiger partial charge in [0.2, 0.25) is 0 Å². The van der Waals surface area contributed by atoms with Crippen LogP contribution in [0.15, 0.2) is 22.9 Å². The van der Waals surface area contributed by atoms with Crippen LogP contribution in [-0.4, -0.2) is 28.3 Å². The lowest BCUT2D eigenvalue weighted by atomic mass is 10.3. The number of thiophene rings is 1. The SMILES string of the molecule is COC(=O)c1sccc1CSc1ncn[nH]1. The number of hydrogen-bond donors (Lipinski definition) is 1. The van der Waals surface area contributed by atoms with Gasteiger partial charge in [0.15, 0.2) is 5.16 Å². The first-order valence-corrected chi connectivity index (χ1v) is 6.30. The first-order valence-electron chi connectivity index (χ1n) is 4.44. The molecular weight excluding hydrogens is 246 g/mol. The predicted molar refractivity (Wildman–Crippen MR) is 61.6 cm³/mol. The molecule has 0 spiro atoms. The first kappa shape index (κ1) is 11.2. The quantitative estimate of drug-likeness (QED) is 0.668. The van der Waals surface area contributed by atoms with Crippen LogP contribution in [0, 0.1) is 0 Å². The maximum atomic E-state index is 11.4. The zero-order valence-electron chi connectivity index (χ0n) is 8.47. The van der Waals surface area contributed by atoms with Crippen LogP contribution in [0.2, 0.25) is 0 Å². The third kappa shape index (κ3) is 2.42. The van der Waals surface area contributed by atoms with Crippen molar-refractivity contribution in [3.63, 3.8) is 0 Å². The Morgan fingerprint density at radius 2 is 2.56 bits per heavy atom. The first-order chi connectivity index (χ1) is 7.81. The molecule has 0 aliphatic rings. The number of esters is 1. The maximum Gasteiger partial charge on any atom is 0.348 e. The molecule has 2 aromatic heterocycles. The van der Waals surface area contributed by atoms with Crippen LogP contribution >= 0.6 is 23.1 Å². The van der Waals surface area contributed by atoms with Gasteiger partial charge in [-0.3, -0.25) is 5.10 Å². The van der Waals surface area contributed by atoms with Crippen molar-refractivity contribution in [2.75, 3.05) is 7.11 Å². The number of hydrogen-bond acceptors (Lipinski definition) is 6. The zero-order valence-corrected chi connectivity index (χ0v) is 10.1. The van der Waals surface area contributed by atoms with Crippen molar-refractivity contribution in [2.45, 2.75) is 10.9 Å². The van der Waals surface area contributed by atoms with Gasteiger partial charge in [-0.2, -0.15) is 5.10 Å². The number of carbonyl (C=O) groups excluding carboxylic acids is 1. The van der Waals surface area contributed by atoms with E-state index in [9.17, 15) is 4.79 Å². The van der Waals surface area contributed by atoms with Crippen LogP contribution in [0.3, 0.4) is 0 Å². The summed E-state index contributed by atoms with van der Waals surface area (Å²) in [5.41, 5.74) is 0.957. The molecular formula is C9H9N3O2S2. The summed E-state index contributed by atoms with van der Waals surface area (Å²) >= 11 is 2.88. The fourth-order valence-electron chi connectivity index (χ4n) is 1.13. The average Bonchev–Trinajstić information content (AvgIpc) is 2.96. The fourth-order valence-corrected chi connectivity index (χ4v) is 2.83. The Bertz CT molecular complexity index is 467. The van der Waals surface area contributed by atoms with Crippen LogP contribution in [0.4, 0.5) is 0 Å². The van der Waals surface area contributed by atoms with Crippen molar-refractivity contribution in [2.24, 2.45) is 0 Å². The fraction of sp³-hybridized carbons (Fsp3) is 0.222. The highest BCUT2D eigenvalue weighted by Gasteiger charge is 2.13. The highest BCUT2D eigenvalue weighted by Crippen LogP contribution is 2.25. The molecule has 5 nitrogen and oxygen atoms in total. The molecule has 0 aliphatic heterocycles. The number of aromatic nitrogens is 3. The molecule has 0 unspecified atom stereocenters. The number of H-pyrrole nitrogens is 1. The molecule has 0 fully saturated rings. The van der Waals surface area contributed by atoms with Gasteiger partial charge >= 0.3 is 5.97 Å². The van der Waals surface area contributed by atoms with Crippen LogP contribution in [-0.2, 0) is 10.5 Å². The molecule has 0 saturated heterocycles. The molecule has 0 radical (unpaired) electrons. The lowest BCUT2D eigenvalue weighted by Gasteiger charge is -2.00. The maximum absolute atomic E-state index is 11.4. The number of thioether (sulfide) groups is 1. The molecule has 7 heteroatoms. The molecule has 2 rings (SSSR count). The molecule has 84 valence electrons. The number of aromatic amines is 1. The summed E-state index contributed by atoms with van der Waals surface area (Å²) in [4.78, 5) is 16.0. The Labute approximate surface area is 100 Å². The van der Waals surface area contributed by atoms with E-state index in [1.807, 2.05) is 11.4 Å². The Morgan fingerprint density at radius 3 is 3.25 bits per heavy atom. The molecule has 0 aliphatic carbocycles. The summed E-state index contributed by atoms with van der Waals surface area (Å²) in [6.07, 6.45) is 1.46. The lowest BCUT2D eigenvalue weighted by molar-refractivity contribution is 0.0605. The molecule has 1 N–H and O–H groups in total. The molecule has 0 saturated carbocycles. The molecule has 0 aromatic carbocycles. The van der Waals surface area contributed by atoms with E-state index in [2.05, 4.69) is 15.2 Å². The third-order valence-electron chi connectivity index (χ3n) is 1.87. The third-order valence-corrected chi connectivity index (χ3v) is 3.74. The van der Waals surface area contributed by atoms with Gasteiger partial charge in [0.05, 0.1) is 7.11 Å². The summed E-state index contributed by atoms with van der Waals surface area (Å²) in [7, 11) is 1.38. The second-order valence-electron chi connectivity index (χ2n) is 2.85. The van der Waals surface area contributed by atoms with Gasteiger partial charge < -0.3 is 4.74 Å². The minimum absolute atomic E-state index is 0.289. The van der Waals surface area contributed by atoms with Gasteiger partial charge in [-0.15, -0.1) is 11.3 Å². The molecule has 16 heavy (non-hydrogen) atoms. The van der Waals surface area contributed by atoms with Crippen molar-refractivity contribution in [1.82, 2.24) is 15.2 Å². The smallest absolute Gasteiger partial charge is 0.348 e. The molecule has 2 aromatic rings. The predicted octanol–water partition coefficient (Wildman–Crippen LogP) is 1.95. The van der Waals surface area contributed by atoms with Crippen molar-refractivity contribution >= 4 is 29.1 Å². The van der Waals surface area contributed by atoms with Gasteiger partial charge in [0.1, 0.15) is 11.2 Å². The molecule has 0 bridgehead atoms. The summed E-state index contributed by atoms with van der Waals surface area (Å²) in [6, 6.07) is 1.92. The highest BCUT2D eigenvalue weighted by molar-refractivity contribution is 7.98. The average molecular weight is 255 g/mol. The van der Waals surface area contributed by atoms with Gasteiger partial charge in [-0.1, -0.05) is 11.8 Å². The van der Waals surface area contributed by atoms with Crippen molar-refractivity contribution in [1.29, 1.82) is 0 Å². The van der Waals surface area contributed by atoms with Gasteiger partial charge in [-0.05, 0) is 17.0 Å². The second kappa shape index (κ2) is 5.13. The monoisotopic (exact) mass is 255 g/mol. The van der Waals surface area contributed by atoms with Crippen molar-refractivity contribution < 1.29 is 9.53 Å². The second-order valence-corrected chi connectivity index (χ2v) is 4.73. The minimum Gasteiger partial charge on any atom is -0.465 e. The summed E-state index contributed by atoms with van der Waals surface area (Å²) < 4.78 is 4.70. The van der Waals surface area contributed by atoms with Crippen LogP contribution in [0.25, 0.3) is 0 Å². The van der Waals surface area contributed by atoms with Crippen molar-refractivity contribution in [3.8, 4) is 0 Å². The largest absolute Gasteiger partial charge is 0.465 e. The lowest BCUT2D eigenvalue weighted by Crippen LogP contribution is -2.01. The Hall–Kier alpha value is -1.34. The number of carbonyl (C=O) groups is 1. The summed E-state index contributed by atoms with van der Waals surface area (Å²) in [5.74, 6) is 0.381. The number of ether oxygens (including phenoxy) is 1.